The van der Waals surface area contributed by atoms with E-state index in [9.17, 15) is 27.9 Å². The summed E-state index contributed by atoms with van der Waals surface area (Å²) in [5.41, 5.74) is 0.132. The maximum Gasteiger partial charge on any atom is 0.243 e. The summed E-state index contributed by atoms with van der Waals surface area (Å²) in [6.45, 7) is 7.64. The first-order chi connectivity index (χ1) is 15.4. The molecule has 8 heteroatoms. The number of aliphatic hydroxyl groups excluding tert-OH is 1. The lowest BCUT2D eigenvalue weighted by Crippen LogP contribution is -2.47. The van der Waals surface area contributed by atoms with Gasteiger partial charge in [-0.25, -0.2) is 13.2 Å². The highest BCUT2D eigenvalue weighted by Gasteiger charge is 2.40. The fourth-order valence-electron chi connectivity index (χ4n) is 4.02. The Hall–Kier alpha value is -2.87. The minimum atomic E-state index is -1.26. The average Bonchev–Trinajstić information content (AvgIpc) is 3.12. The average molecular weight is 463 g/mol. The Bertz CT molecular complexity index is 1030. The van der Waals surface area contributed by atoms with E-state index in [2.05, 4.69) is 5.32 Å². The number of amides is 2. The van der Waals surface area contributed by atoms with Gasteiger partial charge in [0.2, 0.25) is 11.8 Å². The number of hydrogen-bond acceptors (Lipinski definition) is 3. The zero-order valence-corrected chi connectivity index (χ0v) is 19.2. The maximum absolute atomic E-state index is 14.1. The van der Waals surface area contributed by atoms with Crippen LogP contribution in [0.25, 0.3) is 11.1 Å². The largest absolute Gasteiger partial charge is 0.391 e. The van der Waals surface area contributed by atoms with E-state index in [1.54, 1.807) is 19.1 Å². The highest BCUT2D eigenvalue weighted by Crippen LogP contribution is 2.29. The summed E-state index contributed by atoms with van der Waals surface area (Å²) in [5, 5.41) is 12.9. The molecule has 3 rings (SSSR count). The molecule has 0 spiro atoms. The van der Waals surface area contributed by atoms with Gasteiger partial charge in [0.05, 0.1) is 17.7 Å². The molecular weight excluding hydrogens is 433 g/mol. The van der Waals surface area contributed by atoms with Crippen molar-refractivity contribution in [1.29, 1.82) is 0 Å². The Labute approximate surface area is 191 Å². The topological polar surface area (TPSA) is 69.6 Å². The van der Waals surface area contributed by atoms with E-state index in [1.165, 1.54) is 17.0 Å². The molecule has 33 heavy (non-hydrogen) atoms. The molecule has 2 aromatic rings. The van der Waals surface area contributed by atoms with Gasteiger partial charge in [-0.2, -0.15) is 0 Å². The van der Waals surface area contributed by atoms with E-state index in [1.807, 2.05) is 20.8 Å². The van der Waals surface area contributed by atoms with Crippen molar-refractivity contribution < 1.29 is 27.9 Å². The summed E-state index contributed by atoms with van der Waals surface area (Å²) in [5.74, 6) is -3.84. The number of β-amino-alcohol motifs (C(OH)–C–C–N with tert-alkyl or cyclic N) is 1. The van der Waals surface area contributed by atoms with Crippen molar-refractivity contribution in [2.75, 3.05) is 6.54 Å². The normalized spacial score (nSPS) is 19.5. The molecule has 1 fully saturated rings. The van der Waals surface area contributed by atoms with Crippen LogP contribution in [-0.2, 0) is 9.59 Å². The minimum Gasteiger partial charge on any atom is -0.391 e. The molecule has 0 aliphatic carbocycles. The fraction of sp³-hybridized carbons (Fsp3) is 0.440. The van der Waals surface area contributed by atoms with Gasteiger partial charge < -0.3 is 15.3 Å². The summed E-state index contributed by atoms with van der Waals surface area (Å²) in [6.07, 6.45) is -0.352. The summed E-state index contributed by atoms with van der Waals surface area (Å²) in [4.78, 5) is 27.0. The van der Waals surface area contributed by atoms with E-state index in [4.69, 9.17) is 0 Å². The minimum absolute atomic E-state index is 0.112. The number of carbonyl (C=O) groups is 2. The molecule has 1 heterocycles. The number of likely N-dealkylation sites (tertiary alicyclic amines) is 1. The third-order valence-electron chi connectivity index (χ3n) is 5.69. The van der Waals surface area contributed by atoms with Crippen molar-refractivity contribution in [3.8, 4) is 11.1 Å². The first-order valence-corrected chi connectivity index (χ1v) is 10.9. The number of aliphatic hydroxyl groups is 1. The third-order valence-corrected chi connectivity index (χ3v) is 5.69. The Morgan fingerprint density at radius 1 is 1.09 bits per heavy atom. The van der Waals surface area contributed by atoms with Crippen LogP contribution in [0.3, 0.4) is 0 Å². The summed E-state index contributed by atoms with van der Waals surface area (Å²) in [7, 11) is 0. The first-order valence-electron chi connectivity index (χ1n) is 10.9. The number of hydrogen-bond donors (Lipinski definition) is 2. The van der Waals surface area contributed by atoms with Crippen LogP contribution in [0.5, 0.6) is 0 Å². The molecule has 5 nitrogen and oxygen atoms in total. The van der Waals surface area contributed by atoms with Gasteiger partial charge in [0, 0.05) is 19.4 Å². The van der Waals surface area contributed by atoms with Crippen LogP contribution < -0.4 is 5.32 Å². The molecule has 1 aliphatic rings. The van der Waals surface area contributed by atoms with Gasteiger partial charge in [0.25, 0.3) is 0 Å². The number of nitrogens with one attached hydrogen (secondary N) is 1. The molecule has 0 aromatic heterocycles. The van der Waals surface area contributed by atoms with Gasteiger partial charge in [-0.15, -0.1) is 0 Å². The zero-order valence-electron chi connectivity index (χ0n) is 19.2. The van der Waals surface area contributed by atoms with Gasteiger partial charge in [-0.3, -0.25) is 9.59 Å². The van der Waals surface area contributed by atoms with Crippen molar-refractivity contribution in [3.05, 3.63) is 59.4 Å². The molecule has 0 bridgehead atoms. The number of nitrogens with zero attached hydrogens (tertiary/aromatic N) is 1. The van der Waals surface area contributed by atoms with Crippen LogP contribution in [0, 0.1) is 22.9 Å². The Morgan fingerprint density at radius 3 is 2.30 bits per heavy atom. The Kier molecular flexibility index (Phi) is 7.17. The molecule has 2 N–H and O–H groups in total. The van der Waals surface area contributed by atoms with Crippen LogP contribution in [-0.4, -0.2) is 40.5 Å². The lowest BCUT2D eigenvalue weighted by Gasteiger charge is -2.28. The second-order valence-corrected chi connectivity index (χ2v) is 9.76. The third kappa shape index (κ3) is 5.74. The van der Waals surface area contributed by atoms with Gasteiger partial charge in [0.1, 0.15) is 11.9 Å². The molecule has 178 valence electrons. The van der Waals surface area contributed by atoms with Crippen molar-refractivity contribution in [1.82, 2.24) is 10.2 Å². The van der Waals surface area contributed by atoms with E-state index >= 15 is 0 Å². The summed E-state index contributed by atoms with van der Waals surface area (Å²) in [6, 6.07) is 6.46. The van der Waals surface area contributed by atoms with Crippen molar-refractivity contribution >= 4 is 11.8 Å². The van der Waals surface area contributed by atoms with Crippen LogP contribution in [0.15, 0.2) is 36.4 Å². The predicted molar refractivity (Wildman–Crippen MR) is 119 cm³/mol. The maximum atomic E-state index is 14.1. The van der Waals surface area contributed by atoms with Crippen LogP contribution in [0.2, 0.25) is 0 Å². The number of halogens is 3. The van der Waals surface area contributed by atoms with Crippen LogP contribution >= 0.6 is 0 Å². The monoisotopic (exact) mass is 462 g/mol. The van der Waals surface area contributed by atoms with Crippen LogP contribution in [0.4, 0.5) is 13.2 Å². The van der Waals surface area contributed by atoms with Gasteiger partial charge in [-0.1, -0.05) is 45.0 Å². The molecule has 1 saturated heterocycles. The predicted octanol–water partition coefficient (Wildman–Crippen LogP) is 4.35. The molecule has 0 radical (unpaired) electrons. The smallest absolute Gasteiger partial charge is 0.243 e. The molecular formula is C25H29F3N2O3. The van der Waals surface area contributed by atoms with Crippen molar-refractivity contribution in [3.63, 3.8) is 0 Å². The fourth-order valence-corrected chi connectivity index (χ4v) is 4.02. The highest BCUT2D eigenvalue weighted by molar-refractivity contribution is 5.88. The van der Waals surface area contributed by atoms with E-state index in [-0.39, 0.29) is 42.2 Å². The molecule has 0 saturated carbocycles. The second-order valence-electron chi connectivity index (χ2n) is 9.76. The van der Waals surface area contributed by atoms with E-state index < -0.39 is 41.2 Å². The molecule has 0 unspecified atom stereocenters. The van der Waals surface area contributed by atoms with Gasteiger partial charge in [-0.05, 0) is 35.6 Å². The second kappa shape index (κ2) is 9.55. The summed E-state index contributed by atoms with van der Waals surface area (Å²) >= 11 is 0. The quantitative estimate of drug-likeness (QED) is 0.650. The molecule has 3 atom stereocenters. The van der Waals surface area contributed by atoms with Crippen molar-refractivity contribution in [2.24, 2.45) is 5.41 Å². The van der Waals surface area contributed by atoms with E-state index in [0.717, 1.165) is 12.1 Å². The van der Waals surface area contributed by atoms with Crippen LogP contribution in [0.1, 0.15) is 52.1 Å². The Balaban J connectivity index is 1.72. The van der Waals surface area contributed by atoms with Crippen molar-refractivity contribution in [2.45, 2.75) is 58.7 Å². The highest BCUT2D eigenvalue weighted by atomic mass is 19.2. The zero-order chi connectivity index (χ0) is 24.5. The standard InChI is InChI=1S/C25H29F3N2O3/c1-14(15-5-7-16(8-6-15)22-18(26)9-10-19(27)23(22)28)29-24(33)20-11-17(31)13-30(20)21(32)12-25(2,3)4/h5-10,14,17,20,31H,11-13H2,1-4H3,(H,29,33)/t14-,17+,20-/m0/s1. The number of carbonyl (C=O) groups excluding carboxylic acids is 2. The number of rotatable bonds is 5. The number of benzene rings is 2. The van der Waals surface area contributed by atoms with Gasteiger partial charge >= 0.3 is 0 Å². The SMILES string of the molecule is C[C@H](NC(=O)[C@@H]1C[C@@H](O)CN1C(=O)CC(C)(C)C)c1ccc(-c2c(F)ccc(F)c2F)cc1. The molecule has 1 aliphatic heterocycles. The lowest BCUT2D eigenvalue weighted by molar-refractivity contribution is -0.140. The van der Waals surface area contributed by atoms with E-state index in [0.29, 0.717) is 5.56 Å². The lowest BCUT2D eigenvalue weighted by atomic mass is 9.91. The Morgan fingerprint density at radius 2 is 1.70 bits per heavy atom. The molecule has 2 aromatic carbocycles. The molecule has 2 amide bonds. The first kappa shape index (κ1) is 24.8. The van der Waals surface area contributed by atoms with Gasteiger partial charge in [0.15, 0.2) is 11.6 Å². The summed E-state index contributed by atoms with van der Waals surface area (Å²) < 4.78 is 41.6.